The molecular weight excluding hydrogens is 314 g/mol. The van der Waals surface area contributed by atoms with Gasteiger partial charge >= 0.3 is 6.03 Å². The Morgan fingerprint density at radius 2 is 2.00 bits per heavy atom. The lowest BCUT2D eigenvalue weighted by Crippen LogP contribution is -2.48. The van der Waals surface area contributed by atoms with E-state index in [1.54, 1.807) is 4.90 Å². The summed E-state index contributed by atoms with van der Waals surface area (Å²) in [6.45, 7) is 3.06. The molecule has 122 valence electrons. The molecule has 0 radical (unpaired) electrons. The number of rotatable bonds is 3. The first-order valence-corrected chi connectivity index (χ1v) is 8.36. The van der Waals surface area contributed by atoms with Crippen molar-refractivity contribution in [1.82, 2.24) is 10.2 Å². The van der Waals surface area contributed by atoms with Gasteiger partial charge in [-0.05, 0) is 44.0 Å². The number of furan rings is 1. The van der Waals surface area contributed by atoms with E-state index in [0.29, 0.717) is 18.0 Å². The van der Waals surface area contributed by atoms with Gasteiger partial charge in [0.1, 0.15) is 11.5 Å². The van der Waals surface area contributed by atoms with Crippen molar-refractivity contribution in [2.45, 2.75) is 25.8 Å². The fourth-order valence-corrected chi connectivity index (χ4v) is 3.53. The molecule has 1 aliphatic rings. The number of thiophene rings is 1. The molecule has 0 aliphatic carbocycles. The summed E-state index contributed by atoms with van der Waals surface area (Å²) >= 11 is 1.41. The van der Waals surface area contributed by atoms with Crippen molar-refractivity contribution in [2.75, 3.05) is 13.1 Å². The maximum Gasteiger partial charge on any atom is 0.314 e. The number of nitrogens with one attached hydrogen (secondary N) is 1. The number of likely N-dealkylation sites (tertiary alicyclic amines) is 1. The minimum absolute atomic E-state index is 0.0782. The molecule has 1 aliphatic heterocycles. The van der Waals surface area contributed by atoms with Crippen LogP contribution in [0.4, 0.5) is 4.79 Å². The van der Waals surface area contributed by atoms with Crippen molar-refractivity contribution in [2.24, 2.45) is 5.73 Å². The Bertz CT molecular complexity index is 714. The quantitative estimate of drug-likeness (QED) is 0.905. The van der Waals surface area contributed by atoms with Crippen LogP contribution < -0.4 is 11.1 Å². The van der Waals surface area contributed by atoms with Gasteiger partial charge in [-0.3, -0.25) is 4.79 Å². The van der Waals surface area contributed by atoms with E-state index in [2.05, 4.69) is 5.32 Å². The lowest BCUT2D eigenvalue weighted by atomic mass is 10.1. The van der Waals surface area contributed by atoms with Crippen molar-refractivity contribution in [3.63, 3.8) is 0 Å². The number of primary amides is 1. The fourth-order valence-electron chi connectivity index (χ4n) is 2.66. The average Bonchev–Trinajstić information content (AvgIpc) is 3.16. The number of carbonyl (C=O) groups excluding carboxylic acids is 2. The summed E-state index contributed by atoms with van der Waals surface area (Å²) in [5, 5.41) is 3.03. The van der Waals surface area contributed by atoms with Gasteiger partial charge in [-0.1, -0.05) is 0 Å². The van der Waals surface area contributed by atoms with E-state index in [1.807, 2.05) is 31.2 Å². The van der Waals surface area contributed by atoms with Gasteiger partial charge in [-0.15, -0.1) is 11.3 Å². The first kappa shape index (κ1) is 15.6. The first-order valence-electron chi connectivity index (χ1n) is 7.55. The van der Waals surface area contributed by atoms with E-state index in [4.69, 9.17) is 10.2 Å². The van der Waals surface area contributed by atoms with E-state index in [9.17, 15) is 9.59 Å². The van der Waals surface area contributed by atoms with E-state index >= 15 is 0 Å². The van der Waals surface area contributed by atoms with Crippen molar-refractivity contribution >= 4 is 23.3 Å². The van der Waals surface area contributed by atoms with E-state index < -0.39 is 6.03 Å². The van der Waals surface area contributed by atoms with E-state index in [1.165, 1.54) is 11.3 Å². The van der Waals surface area contributed by atoms with Crippen LogP contribution in [-0.2, 0) is 0 Å². The van der Waals surface area contributed by atoms with Crippen molar-refractivity contribution < 1.29 is 14.0 Å². The number of aryl methyl sites for hydroxylation is 1. The van der Waals surface area contributed by atoms with Gasteiger partial charge in [-0.25, -0.2) is 4.79 Å². The summed E-state index contributed by atoms with van der Waals surface area (Å²) in [5.74, 6) is 1.55. The van der Waals surface area contributed by atoms with Gasteiger partial charge in [0, 0.05) is 19.1 Å². The van der Waals surface area contributed by atoms with Crippen molar-refractivity contribution in [1.29, 1.82) is 0 Å². The van der Waals surface area contributed by atoms with E-state index in [-0.39, 0.29) is 11.9 Å². The zero-order chi connectivity index (χ0) is 16.4. The highest BCUT2D eigenvalue weighted by atomic mass is 32.1. The number of piperidine rings is 1. The standard InChI is InChI=1S/C16H19N3O3S/c1-10-2-3-12(22-10)13-4-5-14(23-13)15(20)18-11-6-8-19(9-7-11)16(17)21/h2-5,11H,6-9H2,1H3,(H2,17,21)(H,18,20). The molecule has 2 aromatic rings. The molecule has 3 amide bonds. The molecule has 3 rings (SSSR count). The predicted octanol–water partition coefficient (Wildman–Crippen LogP) is 2.59. The molecule has 0 saturated carbocycles. The molecule has 23 heavy (non-hydrogen) atoms. The zero-order valence-corrected chi connectivity index (χ0v) is 13.7. The Morgan fingerprint density at radius 3 is 2.61 bits per heavy atom. The Labute approximate surface area is 138 Å². The molecule has 1 fully saturated rings. The van der Waals surface area contributed by atoms with Gasteiger partial charge in [0.15, 0.2) is 0 Å². The van der Waals surface area contributed by atoms with Crippen LogP contribution in [0.3, 0.4) is 0 Å². The Hall–Kier alpha value is -2.28. The van der Waals surface area contributed by atoms with Gasteiger partial charge in [0.25, 0.3) is 5.91 Å². The fraction of sp³-hybridized carbons (Fsp3) is 0.375. The number of hydrogen-bond donors (Lipinski definition) is 2. The maximum absolute atomic E-state index is 12.3. The third-order valence-corrected chi connectivity index (χ3v) is 5.05. The second-order valence-electron chi connectivity index (χ2n) is 5.65. The summed E-state index contributed by atoms with van der Waals surface area (Å²) in [6, 6.07) is 7.20. The minimum Gasteiger partial charge on any atom is -0.461 e. The first-order chi connectivity index (χ1) is 11.0. The molecule has 2 aromatic heterocycles. The third kappa shape index (κ3) is 3.56. The largest absolute Gasteiger partial charge is 0.461 e. The van der Waals surface area contributed by atoms with Crippen molar-refractivity contribution in [3.8, 4) is 10.6 Å². The second-order valence-corrected chi connectivity index (χ2v) is 6.73. The number of amides is 3. The van der Waals surface area contributed by atoms with Crippen LogP contribution in [-0.4, -0.2) is 36.0 Å². The Kier molecular flexibility index (Phi) is 4.38. The molecule has 3 N–H and O–H groups in total. The molecule has 7 heteroatoms. The number of nitrogens with two attached hydrogens (primary N) is 1. The van der Waals surface area contributed by atoms with Crippen molar-refractivity contribution in [3.05, 3.63) is 34.9 Å². The van der Waals surface area contributed by atoms with Crippen LogP contribution in [0.25, 0.3) is 10.6 Å². The predicted molar refractivity (Wildman–Crippen MR) is 88.4 cm³/mol. The SMILES string of the molecule is Cc1ccc(-c2ccc(C(=O)NC3CCN(C(N)=O)CC3)s2)o1. The summed E-state index contributed by atoms with van der Waals surface area (Å²) in [4.78, 5) is 26.6. The summed E-state index contributed by atoms with van der Waals surface area (Å²) < 4.78 is 5.58. The van der Waals surface area contributed by atoms with Crippen LogP contribution in [0.2, 0.25) is 0 Å². The highest BCUT2D eigenvalue weighted by molar-refractivity contribution is 7.17. The molecule has 1 saturated heterocycles. The van der Waals surface area contributed by atoms with Gasteiger partial charge in [0.05, 0.1) is 9.75 Å². The van der Waals surface area contributed by atoms with Gasteiger partial charge < -0.3 is 20.4 Å². The maximum atomic E-state index is 12.3. The monoisotopic (exact) mass is 333 g/mol. The molecule has 0 atom stereocenters. The second kappa shape index (κ2) is 6.45. The third-order valence-electron chi connectivity index (χ3n) is 3.95. The summed E-state index contributed by atoms with van der Waals surface area (Å²) in [6.07, 6.45) is 1.45. The minimum atomic E-state index is -0.397. The van der Waals surface area contributed by atoms with Crippen LogP contribution in [0.1, 0.15) is 28.3 Å². The molecule has 3 heterocycles. The highest BCUT2D eigenvalue weighted by Gasteiger charge is 2.23. The average molecular weight is 333 g/mol. The van der Waals surface area contributed by atoms with Crippen LogP contribution in [0.15, 0.2) is 28.7 Å². The van der Waals surface area contributed by atoms with E-state index in [0.717, 1.165) is 29.2 Å². The van der Waals surface area contributed by atoms with Gasteiger partial charge in [-0.2, -0.15) is 0 Å². The number of nitrogens with zero attached hydrogens (tertiary/aromatic N) is 1. The molecular formula is C16H19N3O3S. The number of urea groups is 1. The lowest BCUT2D eigenvalue weighted by molar-refractivity contribution is 0.0923. The summed E-state index contributed by atoms with van der Waals surface area (Å²) in [7, 11) is 0. The van der Waals surface area contributed by atoms with Crippen LogP contribution in [0, 0.1) is 6.92 Å². The zero-order valence-electron chi connectivity index (χ0n) is 12.9. The smallest absolute Gasteiger partial charge is 0.314 e. The molecule has 0 aromatic carbocycles. The lowest BCUT2D eigenvalue weighted by Gasteiger charge is -2.31. The molecule has 0 unspecified atom stereocenters. The Balaban J connectivity index is 1.59. The summed E-state index contributed by atoms with van der Waals surface area (Å²) in [5.41, 5.74) is 5.26. The molecule has 0 bridgehead atoms. The molecule has 6 nitrogen and oxygen atoms in total. The van der Waals surface area contributed by atoms with Crippen LogP contribution in [0.5, 0.6) is 0 Å². The topological polar surface area (TPSA) is 88.6 Å². The number of carbonyl (C=O) groups is 2. The normalized spacial score (nSPS) is 15.6. The van der Waals surface area contributed by atoms with Gasteiger partial charge in [0.2, 0.25) is 0 Å². The highest BCUT2D eigenvalue weighted by Crippen LogP contribution is 2.29. The Morgan fingerprint density at radius 1 is 1.26 bits per heavy atom. The van der Waals surface area contributed by atoms with Crippen LogP contribution >= 0.6 is 11.3 Å². The number of hydrogen-bond acceptors (Lipinski definition) is 4. The molecule has 0 spiro atoms.